The predicted molar refractivity (Wildman–Crippen MR) is 113 cm³/mol. The number of fused-ring (bicyclic) bond motifs is 1. The number of phenolic OH excluding ortho intramolecular Hbond substituents is 1. The Bertz CT molecular complexity index is 1160. The highest BCUT2D eigenvalue weighted by Crippen LogP contribution is 2.43. The Morgan fingerprint density at radius 1 is 0.929 bits per heavy atom. The molecule has 0 amide bonds. The first-order valence-electron chi connectivity index (χ1n) is 9.57. The maximum atomic E-state index is 10.3. The number of nitrogens with zero attached hydrogens (tertiary/aromatic N) is 2. The molecule has 1 aromatic heterocycles. The Morgan fingerprint density at radius 2 is 1.71 bits per heavy atom. The van der Waals surface area contributed by atoms with E-state index in [0.717, 1.165) is 28.7 Å². The number of nitrogens with one attached hydrogen (secondary N) is 1. The van der Waals surface area contributed by atoms with Crippen LogP contribution in [-0.4, -0.2) is 21.1 Å². The van der Waals surface area contributed by atoms with Crippen molar-refractivity contribution in [3.8, 4) is 17.1 Å². The maximum absolute atomic E-state index is 10.3. The largest absolute Gasteiger partial charge is 0.507 e. The van der Waals surface area contributed by atoms with Gasteiger partial charge in [-0.25, -0.2) is 9.97 Å². The standard InChI is InChI=1S/C24H21N3O/c1-15-11-12-17-20(13-15)25-24(18-9-5-6-10-22(18)28)27-23(17)26-21-14-19(21)16-7-3-2-4-8-16/h2-13,19,21,28H,14H2,1H3,(H,25,26,27). The van der Waals surface area contributed by atoms with E-state index in [9.17, 15) is 5.11 Å². The van der Waals surface area contributed by atoms with E-state index in [0.29, 0.717) is 23.3 Å². The number of anilines is 1. The van der Waals surface area contributed by atoms with Gasteiger partial charge in [0.2, 0.25) is 0 Å². The van der Waals surface area contributed by atoms with Crippen LogP contribution in [0.1, 0.15) is 23.5 Å². The highest BCUT2D eigenvalue weighted by atomic mass is 16.3. The molecule has 138 valence electrons. The first-order chi connectivity index (χ1) is 13.7. The highest BCUT2D eigenvalue weighted by Gasteiger charge is 2.38. The van der Waals surface area contributed by atoms with Crippen LogP contribution in [0.5, 0.6) is 5.75 Å². The molecule has 0 saturated heterocycles. The van der Waals surface area contributed by atoms with Crippen molar-refractivity contribution in [1.29, 1.82) is 0 Å². The summed E-state index contributed by atoms with van der Waals surface area (Å²) in [5.41, 5.74) is 4.03. The lowest BCUT2D eigenvalue weighted by atomic mass is 10.1. The molecule has 4 aromatic rings. The fraction of sp³-hybridized carbons (Fsp3) is 0.167. The van der Waals surface area contributed by atoms with Gasteiger partial charge in [-0.2, -0.15) is 0 Å². The Morgan fingerprint density at radius 3 is 2.54 bits per heavy atom. The summed E-state index contributed by atoms with van der Waals surface area (Å²) in [6.45, 7) is 2.06. The van der Waals surface area contributed by atoms with Gasteiger partial charge in [-0.3, -0.25) is 0 Å². The number of phenols is 1. The monoisotopic (exact) mass is 367 g/mol. The highest BCUT2D eigenvalue weighted by molar-refractivity contribution is 5.91. The molecule has 28 heavy (non-hydrogen) atoms. The summed E-state index contributed by atoms with van der Waals surface area (Å²) in [6.07, 6.45) is 1.09. The van der Waals surface area contributed by atoms with E-state index in [2.05, 4.69) is 54.7 Å². The van der Waals surface area contributed by atoms with E-state index in [1.807, 2.05) is 18.2 Å². The molecule has 1 fully saturated rings. The summed E-state index contributed by atoms with van der Waals surface area (Å²) in [5.74, 6) is 2.06. The minimum Gasteiger partial charge on any atom is -0.507 e. The van der Waals surface area contributed by atoms with Crippen molar-refractivity contribution in [1.82, 2.24) is 9.97 Å². The van der Waals surface area contributed by atoms with Gasteiger partial charge in [0.25, 0.3) is 0 Å². The first-order valence-corrected chi connectivity index (χ1v) is 9.57. The molecule has 0 aliphatic heterocycles. The number of hydrogen-bond donors (Lipinski definition) is 2. The summed E-state index contributed by atoms with van der Waals surface area (Å²) in [5, 5.41) is 14.9. The molecule has 1 heterocycles. The van der Waals surface area contributed by atoms with Gasteiger partial charge in [-0.05, 0) is 48.7 Å². The molecule has 3 aromatic carbocycles. The first kappa shape index (κ1) is 16.8. The number of hydrogen-bond acceptors (Lipinski definition) is 4. The molecular formula is C24H21N3O. The molecule has 4 heteroatoms. The van der Waals surface area contributed by atoms with Gasteiger partial charge in [-0.1, -0.05) is 48.5 Å². The minimum absolute atomic E-state index is 0.189. The van der Waals surface area contributed by atoms with Gasteiger partial charge < -0.3 is 10.4 Å². The van der Waals surface area contributed by atoms with Crippen LogP contribution in [0.2, 0.25) is 0 Å². The zero-order valence-electron chi connectivity index (χ0n) is 15.6. The van der Waals surface area contributed by atoms with Crippen molar-refractivity contribution in [2.24, 2.45) is 0 Å². The van der Waals surface area contributed by atoms with E-state index in [1.54, 1.807) is 12.1 Å². The van der Waals surface area contributed by atoms with E-state index >= 15 is 0 Å². The van der Waals surface area contributed by atoms with Crippen molar-refractivity contribution < 1.29 is 5.11 Å². The second-order valence-corrected chi connectivity index (χ2v) is 7.44. The molecule has 0 bridgehead atoms. The molecule has 4 nitrogen and oxygen atoms in total. The molecule has 2 unspecified atom stereocenters. The van der Waals surface area contributed by atoms with Crippen LogP contribution in [0.25, 0.3) is 22.3 Å². The van der Waals surface area contributed by atoms with Gasteiger partial charge in [0, 0.05) is 17.3 Å². The van der Waals surface area contributed by atoms with Crippen LogP contribution in [0, 0.1) is 6.92 Å². The van der Waals surface area contributed by atoms with Crippen LogP contribution in [0.4, 0.5) is 5.82 Å². The summed E-state index contributed by atoms with van der Waals surface area (Å²) < 4.78 is 0. The summed E-state index contributed by atoms with van der Waals surface area (Å²) in [7, 11) is 0. The van der Waals surface area contributed by atoms with Crippen molar-refractivity contribution >= 4 is 16.7 Å². The van der Waals surface area contributed by atoms with Crippen molar-refractivity contribution in [3.05, 3.63) is 83.9 Å². The van der Waals surface area contributed by atoms with Gasteiger partial charge in [0.1, 0.15) is 11.6 Å². The van der Waals surface area contributed by atoms with Crippen LogP contribution >= 0.6 is 0 Å². The van der Waals surface area contributed by atoms with Crippen molar-refractivity contribution in [2.45, 2.75) is 25.3 Å². The Kier molecular flexibility index (Phi) is 3.97. The molecule has 5 rings (SSSR count). The Hall–Kier alpha value is -3.40. The van der Waals surface area contributed by atoms with Gasteiger partial charge in [-0.15, -0.1) is 0 Å². The average Bonchev–Trinajstić information content (AvgIpc) is 3.48. The van der Waals surface area contributed by atoms with E-state index in [-0.39, 0.29) is 5.75 Å². The quantitative estimate of drug-likeness (QED) is 0.515. The third-order valence-corrected chi connectivity index (χ3v) is 5.34. The van der Waals surface area contributed by atoms with Crippen LogP contribution < -0.4 is 5.32 Å². The van der Waals surface area contributed by atoms with Gasteiger partial charge >= 0.3 is 0 Å². The van der Waals surface area contributed by atoms with Gasteiger partial charge in [0.15, 0.2) is 5.82 Å². The molecule has 1 aliphatic rings. The molecule has 2 N–H and O–H groups in total. The lowest BCUT2D eigenvalue weighted by Crippen LogP contribution is -2.08. The third-order valence-electron chi connectivity index (χ3n) is 5.34. The Labute approximate surface area is 163 Å². The molecular weight excluding hydrogens is 346 g/mol. The maximum Gasteiger partial charge on any atom is 0.165 e. The number of aryl methyl sites for hydroxylation is 1. The second-order valence-electron chi connectivity index (χ2n) is 7.44. The third kappa shape index (κ3) is 3.07. The number of aromatic nitrogens is 2. The number of aromatic hydroxyl groups is 1. The zero-order valence-corrected chi connectivity index (χ0v) is 15.6. The molecule has 1 saturated carbocycles. The Balaban J connectivity index is 1.55. The summed E-state index contributed by atoms with van der Waals surface area (Å²) >= 11 is 0. The minimum atomic E-state index is 0.189. The lowest BCUT2D eigenvalue weighted by molar-refractivity contribution is 0.477. The lowest BCUT2D eigenvalue weighted by Gasteiger charge is -2.12. The fourth-order valence-electron chi connectivity index (χ4n) is 3.73. The average molecular weight is 367 g/mol. The van der Waals surface area contributed by atoms with Gasteiger partial charge in [0.05, 0.1) is 11.1 Å². The molecule has 2 atom stereocenters. The molecule has 0 radical (unpaired) electrons. The second kappa shape index (κ2) is 6.64. The van der Waals surface area contributed by atoms with Crippen molar-refractivity contribution in [2.75, 3.05) is 5.32 Å². The smallest absolute Gasteiger partial charge is 0.165 e. The predicted octanol–water partition coefficient (Wildman–Crippen LogP) is 5.28. The normalized spacial score (nSPS) is 18.2. The molecule has 1 aliphatic carbocycles. The van der Waals surface area contributed by atoms with Crippen LogP contribution in [0.15, 0.2) is 72.8 Å². The SMILES string of the molecule is Cc1ccc2c(NC3CC3c3ccccc3)nc(-c3ccccc3O)nc2c1. The van der Waals surface area contributed by atoms with E-state index in [4.69, 9.17) is 9.97 Å². The summed E-state index contributed by atoms with van der Waals surface area (Å²) in [6, 6.07) is 24.4. The van der Waals surface area contributed by atoms with E-state index < -0.39 is 0 Å². The molecule has 0 spiro atoms. The summed E-state index contributed by atoms with van der Waals surface area (Å²) in [4.78, 5) is 9.51. The number of para-hydroxylation sites is 1. The number of benzene rings is 3. The zero-order chi connectivity index (χ0) is 19.1. The number of rotatable bonds is 4. The van der Waals surface area contributed by atoms with Crippen LogP contribution in [-0.2, 0) is 0 Å². The van der Waals surface area contributed by atoms with Crippen LogP contribution in [0.3, 0.4) is 0 Å². The topological polar surface area (TPSA) is 58.0 Å². The van der Waals surface area contributed by atoms with E-state index in [1.165, 1.54) is 5.56 Å². The fourth-order valence-corrected chi connectivity index (χ4v) is 3.73. The van der Waals surface area contributed by atoms with Crippen molar-refractivity contribution in [3.63, 3.8) is 0 Å².